The van der Waals surface area contributed by atoms with Crippen molar-refractivity contribution in [3.8, 4) is 0 Å². The third-order valence-electron chi connectivity index (χ3n) is 3.37. The molecule has 1 atom stereocenters. The van der Waals surface area contributed by atoms with E-state index in [1.807, 2.05) is 19.9 Å². The molecule has 0 radical (unpaired) electrons. The normalized spacial score (nSPS) is 23.7. The molecule has 1 heterocycles. The van der Waals surface area contributed by atoms with Crippen LogP contribution in [-0.2, 0) is 14.8 Å². The zero-order valence-corrected chi connectivity index (χ0v) is 12.9. The fourth-order valence-electron chi connectivity index (χ4n) is 2.51. The van der Waals surface area contributed by atoms with Crippen LogP contribution in [0, 0.1) is 6.92 Å². The summed E-state index contributed by atoms with van der Waals surface area (Å²) in [4.78, 5) is 0.314. The fraction of sp³-hybridized carbons (Fsp3) is 0.571. The smallest absolute Gasteiger partial charge is 0.243 e. The van der Waals surface area contributed by atoms with Crippen LogP contribution in [0.15, 0.2) is 29.2 Å². The first-order valence-corrected chi connectivity index (χ1v) is 8.05. The molecule has 1 aromatic carbocycles. The number of benzene rings is 1. The van der Waals surface area contributed by atoms with E-state index in [9.17, 15) is 13.5 Å². The Labute approximate surface area is 120 Å². The second-order valence-electron chi connectivity index (χ2n) is 5.75. The Balaban J connectivity index is 2.36. The Morgan fingerprint density at radius 3 is 2.65 bits per heavy atom. The quantitative estimate of drug-likeness (QED) is 0.909. The first-order valence-electron chi connectivity index (χ1n) is 6.61. The highest BCUT2D eigenvalue weighted by Crippen LogP contribution is 2.27. The number of ether oxygens (including phenoxy) is 1. The summed E-state index contributed by atoms with van der Waals surface area (Å²) in [5.41, 5.74) is 0.110. The maximum absolute atomic E-state index is 12.7. The largest absolute Gasteiger partial charge is 0.394 e. The summed E-state index contributed by atoms with van der Waals surface area (Å²) in [6, 6.07) is 6.92. The molecule has 1 fully saturated rings. The summed E-state index contributed by atoms with van der Waals surface area (Å²) in [5.74, 6) is 0. The van der Waals surface area contributed by atoms with E-state index in [0.29, 0.717) is 4.90 Å². The van der Waals surface area contributed by atoms with Gasteiger partial charge in [-0.2, -0.15) is 4.31 Å². The van der Waals surface area contributed by atoms with E-state index in [1.54, 1.807) is 25.1 Å². The molecule has 1 unspecified atom stereocenters. The monoisotopic (exact) mass is 299 g/mol. The van der Waals surface area contributed by atoms with Crippen LogP contribution in [0.25, 0.3) is 0 Å². The van der Waals surface area contributed by atoms with E-state index < -0.39 is 21.7 Å². The van der Waals surface area contributed by atoms with Gasteiger partial charge in [0.05, 0.1) is 23.2 Å². The molecule has 0 amide bonds. The van der Waals surface area contributed by atoms with Crippen LogP contribution in [-0.4, -0.2) is 49.2 Å². The summed E-state index contributed by atoms with van der Waals surface area (Å²) in [6.45, 7) is 5.70. The van der Waals surface area contributed by atoms with Gasteiger partial charge in [-0.05, 0) is 32.4 Å². The lowest BCUT2D eigenvalue weighted by Crippen LogP contribution is -2.55. The van der Waals surface area contributed by atoms with Crippen molar-refractivity contribution in [2.24, 2.45) is 0 Å². The number of nitrogens with zero attached hydrogens (tertiary/aromatic N) is 1. The van der Waals surface area contributed by atoms with Crippen LogP contribution in [0.1, 0.15) is 19.4 Å². The average Bonchev–Trinajstić information content (AvgIpc) is 2.37. The SMILES string of the molecule is Cc1ccccc1S(=O)(=O)N1CC(CO)OC(C)(C)C1. The van der Waals surface area contributed by atoms with Crippen molar-refractivity contribution in [2.75, 3.05) is 19.7 Å². The average molecular weight is 299 g/mol. The number of sulfonamides is 1. The molecule has 5 nitrogen and oxygen atoms in total. The van der Waals surface area contributed by atoms with Gasteiger partial charge in [0, 0.05) is 13.1 Å². The molecule has 1 aromatic rings. The third-order valence-corrected chi connectivity index (χ3v) is 5.34. The predicted octanol–water partition coefficient (Wildman–Crippen LogP) is 1.16. The molecule has 0 aliphatic carbocycles. The maximum atomic E-state index is 12.7. The Kier molecular flexibility index (Phi) is 4.20. The van der Waals surface area contributed by atoms with Gasteiger partial charge < -0.3 is 9.84 Å². The van der Waals surface area contributed by atoms with Crippen LogP contribution in [0.5, 0.6) is 0 Å². The summed E-state index contributed by atoms with van der Waals surface area (Å²) >= 11 is 0. The van der Waals surface area contributed by atoms with Crippen molar-refractivity contribution >= 4 is 10.0 Å². The van der Waals surface area contributed by atoms with Gasteiger partial charge in [0.15, 0.2) is 0 Å². The molecule has 1 aliphatic heterocycles. The number of aliphatic hydroxyl groups excluding tert-OH is 1. The molecule has 20 heavy (non-hydrogen) atoms. The standard InChI is InChI=1S/C14H21NO4S/c1-11-6-4-5-7-13(11)20(17,18)15-8-12(9-16)19-14(2,3)10-15/h4-7,12,16H,8-10H2,1-3H3. The molecule has 0 saturated carbocycles. The number of rotatable bonds is 3. The van der Waals surface area contributed by atoms with Crippen LogP contribution < -0.4 is 0 Å². The number of hydrogen-bond donors (Lipinski definition) is 1. The molecule has 6 heteroatoms. The lowest BCUT2D eigenvalue weighted by Gasteiger charge is -2.41. The van der Waals surface area contributed by atoms with Gasteiger partial charge >= 0.3 is 0 Å². The van der Waals surface area contributed by atoms with Gasteiger partial charge in [-0.3, -0.25) is 0 Å². The van der Waals surface area contributed by atoms with Gasteiger partial charge in [-0.1, -0.05) is 18.2 Å². The minimum absolute atomic E-state index is 0.177. The summed E-state index contributed by atoms with van der Waals surface area (Å²) in [5, 5.41) is 9.29. The van der Waals surface area contributed by atoms with Crippen LogP contribution in [0.4, 0.5) is 0 Å². The van der Waals surface area contributed by atoms with Crippen molar-refractivity contribution < 1.29 is 18.3 Å². The number of aryl methyl sites for hydroxylation is 1. The Morgan fingerprint density at radius 2 is 2.05 bits per heavy atom. The second-order valence-corrected chi connectivity index (χ2v) is 7.65. The summed E-state index contributed by atoms with van der Waals surface area (Å²) < 4.78 is 32.6. The molecule has 1 saturated heterocycles. The number of hydrogen-bond acceptors (Lipinski definition) is 4. The van der Waals surface area contributed by atoms with Gasteiger partial charge in [-0.25, -0.2) is 8.42 Å². The minimum atomic E-state index is -3.56. The van der Waals surface area contributed by atoms with Gasteiger partial charge in [-0.15, -0.1) is 0 Å². The highest BCUT2D eigenvalue weighted by molar-refractivity contribution is 7.89. The lowest BCUT2D eigenvalue weighted by atomic mass is 10.1. The van der Waals surface area contributed by atoms with Crippen LogP contribution >= 0.6 is 0 Å². The van der Waals surface area contributed by atoms with E-state index in [1.165, 1.54) is 4.31 Å². The Hall–Kier alpha value is -0.950. The summed E-state index contributed by atoms with van der Waals surface area (Å²) in [6.07, 6.45) is -0.488. The van der Waals surface area contributed by atoms with Crippen molar-refractivity contribution in [1.82, 2.24) is 4.31 Å². The van der Waals surface area contributed by atoms with Gasteiger partial charge in [0.2, 0.25) is 10.0 Å². The minimum Gasteiger partial charge on any atom is -0.394 e. The zero-order chi connectivity index (χ0) is 15.0. The van der Waals surface area contributed by atoms with Crippen molar-refractivity contribution in [3.63, 3.8) is 0 Å². The van der Waals surface area contributed by atoms with E-state index in [0.717, 1.165) is 5.56 Å². The first kappa shape index (κ1) is 15.4. The zero-order valence-electron chi connectivity index (χ0n) is 12.0. The maximum Gasteiger partial charge on any atom is 0.243 e. The second kappa shape index (κ2) is 5.44. The fourth-order valence-corrected chi connectivity index (χ4v) is 4.35. The molecule has 112 valence electrons. The van der Waals surface area contributed by atoms with Crippen LogP contribution in [0.2, 0.25) is 0 Å². The number of aliphatic hydroxyl groups is 1. The topological polar surface area (TPSA) is 66.8 Å². The van der Waals surface area contributed by atoms with E-state index in [2.05, 4.69) is 0 Å². The first-order chi connectivity index (χ1) is 9.26. The van der Waals surface area contributed by atoms with E-state index in [-0.39, 0.29) is 19.7 Å². The Bertz CT molecular complexity index is 583. The molecule has 1 N–H and O–H groups in total. The highest BCUT2D eigenvalue weighted by Gasteiger charge is 2.39. The molecule has 0 aromatic heterocycles. The molecule has 0 bridgehead atoms. The highest BCUT2D eigenvalue weighted by atomic mass is 32.2. The molecule has 1 aliphatic rings. The predicted molar refractivity (Wildman–Crippen MR) is 76.0 cm³/mol. The molecular formula is C14H21NO4S. The molecule has 0 spiro atoms. The Morgan fingerprint density at radius 1 is 1.40 bits per heavy atom. The third kappa shape index (κ3) is 3.03. The van der Waals surface area contributed by atoms with Crippen LogP contribution in [0.3, 0.4) is 0 Å². The van der Waals surface area contributed by atoms with E-state index >= 15 is 0 Å². The molecular weight excluding hydrogens is 278 g/mol. The van der Waals surface area contributed by atoms with Crippen molar-refractivity contribution in [2.45, 2.75) is 37.4 Å². The van der Waals surface area contributed by atoms with E-state index in [4.69, 9.17) is 4.74 Å². The number of morpholine rings is 1. The van der Waals surface area contributed by atoms with Gasteiger partial charge in [0.1, 0.15) is 0 Å². The van der Waals surface area contributed by atoms with Crippen molar-refractivity contribution in [3.05, 3.63) is 29.8 Å². The molecule has 2 rings (SSSR count). The summed E-state index contributed by atoms with van der Waals surface area (Å²) in [7, 11) is -3.56. The van der Waals surface area contributed by atoms with Gasteiger partial charge in [0.25, 0.3) is 0 Å². The lowest BCUT2D eigenvalue weighted by molar-refractivity contribution is -0.131. The van der Waals surface area contributed by atoms with Crippen molar-refractivity contribution in [1.29, 1.82) is 0 Å².